The van der Waals surface area contributed by atoms with Gasteiger partial charge in [0, 0.05) is 6.42 Å². The van der Waals surface area contributed by atoms with E-state index in [0.29, 0.717) is 25.8 Å². The molecule has 0 aliphatic carbocycles. The van der Waals surface area contributed by atoms with Crippen LogP contribution in [0.2, 0.25) is 0 Å². The van der Waals surface area contributed by atoms with E-state index in [1.807, 2.05) is 0 Å². The molecule has 0 aliphatic rings. The number of hydrogen-bond acceptors (Lipinski definition) is 3. The first kappa shape index (κ1) is 18.9. The molecule has 0 aromatic heterocycles. The number of aliphatic carboxylic acids is 1. The van der Waals surface area contributed by atoms with Crippen molar-refractivity contribution in [3.8, 4) is 0 Å². The quantitative estimate of drug-likeness (QED) is 0.453. The molecule has 0 spiro atoms. The van der Waals surface area contributed by atoms with Crippen molar-refractivity contribution in [1.82, 2.24) is 5.32 Å². The molecular formula is C15H30N2O3. The van der Waals surface area contributed by atoms with E-state index in [1.165, 1.54) is 25.7 Å². The van der Waals surface area contributed by atoms with Crippen LogP contribution in [0.5, 0.6) is 0 Å². The normalized spacial score (nSPS) is 12.1. The summed E-state index contributed by atoms with van der Waals surface area (Å²) in [5.74, 6) is -1.14. The lowest BCUT2D eigenvalue weighted by Gasteiger charge is -2.13. The highest BCUT2D eigenvalue weighted by Gasteiger charge is 2.18. The zero-order chi connectivity index (χ0) is 15.2. The Morgan fingerprint density at radius 1 is 1.05 bits per heavy atom. The van der Waals surface area contributed by atoms with Gasteiger partial charge in [0.15, 0.2) is 0 Å². The van der Waals surface area contributed by atoms with Gasteiger partial charge in [-0.05, 0) is 25.8 Å². The van der Waals surface area contributed by atoms with Crippen molar-refractivity contribution in [2.24, 2.45) is 5.73 Å². The van der Waals surface area contributed by atoms with Crippen LogP contribution in [0.15, 0.2) is 0 Å². The average Bonchev–Trinajstić information content (AvgIpc) is 2.42. The lowest BCUT2D eigenvalue weighted by Crippen LogP contribution is -2.40. The second-order valence-electron chi connectivity index (χ2n) is 5.26. The van der Waals surface area contributed by atoms with Gasteiger partial charge in [-0.3, -0.25) is 4.79 Å². The number of carboxylic acids is 1. The maximum absolute atomic E-state index is 11.7. The second kappa shape index (κ2) is 12.9. The summed E-state index contributed by atoms with van der Waals surface area (Å²) in [4.78, 5) is 22.6. The number of carbonyl (C=O) groups is 2. The van der Waals surface area contributed by atoms with Gasteiger partial charge in [0.05, 0.1) is 0 Å². The molecule has 0 heterocycles. The molecule has 0 aromatic rings. The van der Waals surface area contributed by atoms with Crippen molar-refractivity contribution in [1.29, 1.82) is 0 Å². The summed E-state index contributed by atoms with van der Waals surface area (Å²) in [7, 11) is 0. The Morgan fingerprint density at radius 2 is 1.65 bits per heavy atom. The van der Waals surface area contributed by atoms with Crippen LogP contribution in [0.3, 0.4) is 0 Å². The highest BCUT2D eigenvalue weighted by molar-refractivity contribution is 5.83. The number of amides is 1. The molecule has 0 radical (unpaired) electrons. The van der Waals surface area contributed by atoms with E-state index < -0.39 is 12.0 Å². The van der Waals surface area contributed by atoms with Gasteiger partial charge in [-0.1, -0.05) is 45.4 Å². The first-order chi connectivity index (χ1) is 9.61. The van der Waals surface area contributed by atoms with Gasteiger partial charge in [0.2, 0.25) is 5.91 Å². The van der Waals surface area contributed by atoms with E-state index in [1.54, 1.807) is 0 Å². The number of carbonyl (C=O) groups excluding carboxylic acids is 1. The van der Waals surface area contributed by atoms with Crippen molar-refractivity contribution in [3.05, 3.63) is 0 Å². The molecule has 0 aliphatic heterocycles. The van der Waals surface area contributed by atoms with Crippen molar-refractivity contribution < 1.29 is 14.7 Å². The molecule has 5 heteroatoms. The highest BCUT2D eigenvalue weighted by Crippen LogP contribution is 2.08. The Labute approximate surface area is 122 Å². The van der Waals surface area contributed by atoms with Gasteiger partial charge in [-0.25, -0.2) is 4.79 Å². The molecule has 0 saturated heterocycles. The van der Waals surface area contributed by atoms with Crippen LogP contribution >= 0.6 is 0 Å². The summed E-state index contributed by atoms with van der Waals surface area (Å²) >= 11 is 0. The number of nitrogens with one attached hydrogen (secondary N) is 1. The molecule has 4 N–H and O–H groups in total. The fourth-order valence-corrected chi connectivity index (χ4v) is 2.09. The zero-order valence-corrected chi connectivity index (χ0v) is 12.7. The molecule has 118 valence electrons. The lowest BCUT2D eigenvalue weighted by atomic mass is 10.1. The fourth-order valence-electron chi connectivity index (χ4n) is 2.09. The Bertz CT molecular complexity index is 270. The predicted octanol–water partition coefficient (Wildman–Crippen LogP) is 2.44. The summed E-state index contributed by atoms with van der Waals surface area (Å²) in [6.45, 7) is 2.63. The maximum atomic E-state index is 11.7. The first-order valence-corrected chi connectivity index (χ1v) is 7.84. The first-order valence-electron chi connectivity index (χ1n) is 7.84. The SMILES string of the molecule is CCCCCCCCCC(=O)NC(CCCN)C(=O)O. The van der Waals surface area contributed by atoms with E-state index in [9.17, 15) is 9.59 Å². The number of hydrogen-bond donors (Lipinski definition) is 3. The Balaban J connectivity index is 3.66. The molecule has 0 fully saturated rings. The van der Waals surface area contributed by atoms with Gasteiger partial charge in [-0.2, -0.15) is 0 Å². The minimum atomic E-state index is -0.980. The van der Waals surface area contributed by atoms with E-state index in [4.69, 9.17) is 10.8 Å². The minimum Gasteiger partial charge on any atom is -0.480 e. The standard InChI is InChI=1S/C15H30N2O3/c1-2-3-4-5-6-7-8-11-14(18)17-13(15(19)20)10-9-12-16/h13H,2-12,16H2,1H3,(H,17,18)(H,19,20). The van der Waals surface area contributed by atoms with Gasteiger partial charge in [0.1, 0.15) is 6.04 Å². The molecule has 0 rings (SSSR count). The molecule has 1 amide bonds. The van der Waals surface area contributed by atoms with Crippen LogP contribution in [-0.4, -0.2) is 29.6 Å². The molecule has 5 nitrogen and oxygen atoms in total. The van der Waals surface area contributed by atoms with Gasteiger partial charge in [0.25, 0.3) is 0 Å². The summed E-state index contributed by atoms with van der Waals surface area (Å²) < 4.78 is 0. The highest BCUT2D eigenvalue weighted by atomic mass is 16.4. The molecule has 20 heavy (non-hydrogen) atoms. The third-order valence-corrected chi connectivity index (χ3v) is 3.34. The van der Waals surface area contributed by atoms with Gasteiger partial charge < -0.3 is 16.2 Å². The minimum absolute atomic E-state index is 0.164. The Morgan fingerprint density at radius 3 is 2.20 bits per heavy atom. The predicted molar refractivity (Wildman–Crippen MR) is 80.5 cm³/mol. The van der Waals surface area contributed by atoms with Crippen LogP contribution in [0.4, 0.5) is 0 Å². The lowest BCUT2D eigenvalue weighted by molar-refractivity contribution is -0.142. The van der Waals surface area contributed by atoms with Crippen molar-refractivity contribution in [3.63, 3.8) is 0 Å². The van der Waals surface area contributed by atoms with Crippen LogP contribution in [0, 0.1) is 0 Å². The molecule has 0 saturated carbocycles. The van der Waals surface area contributed by atoms with E-state index >= 15 is 0 Å². The molecular weight excluding hydrogens is 256 g/mol. The van der Waals surface area contributed by atoms with Crippen molar-refractivity contribution in [2.75, 3.05) is 6.54 Å². The van der Waals surface area contributed by atoms with Crippen LogP contribution in [0.1, 0.15) is 71.1 Å². The molecule has 0 bridgehead atoms. The Hall–Kier alpha value is -1.10. The van der Waals surface area contributed by atoms with Gasteiger partial charge in [-0.15, -0.1) is 0 Å². The third-order valence-electron chi connectivity index (χ3n) is 3.34. The summed E-state index contributed by atoms with van der Waals surface area (Å²) in [6.07, 6.45) is 9.46. The average molecular weight is 286 g/mol. The summed E-state index contributed by atoms with van der Waals surface area (Å²) in [6, 6.07) is -0.796. The molecule has 1 unspecified atom stereocenters. The smallest absolute Gasteiger partial charge is 0.326 e. The van der Waals surface area contributed by atoms with Crippen LogP contribution in [-0.2, 0) is 9.59 Å². The fraction of sp³-hybridized carbons (Fsp3) is 0.867. The largest absolute Gasteiger partial charge is 0.480 e. The van der Waals surface area contributed by atoms with E-state index in [-0.39, 0.29) is 5.91 Å². The van der Waals surface area contributed by atoms with Crippen LogP contribution < -0.4 is 11.1 Å². The number of unbranched alkanes of at least 4 members (excludes halogenated alkanes) is 6. The number of carboxylic acid groups (broad SMARTS) is 1. The van der Waals surface area contributed by atoms with E-state index in [2.05, 4.69) is 12.2 Å². The molecule has 0 aromatic carbocycles. The van der Waals surface area contributed by atoms with Crippen molar-refractivity contribution in [2.45, 2.75) is 77.2 Å². The maximum Gasteiger partial charge on any atom is 0.326 e. The zero-order valence-electron chi connectivity index (χ0n) is 12.7. The second-order valence-corrected chi connectivity index (χ2v) is 5.26. The monoisotopic (exact) mass is 286 g/mol. The number of nitrogens with two attached hydrogens (primary N) is 1. The summed E-state index contributed by atoms with van der Waals surface area (Å²) in [5, 5.41) is 11.6. The van der Waals surface area contributed by atoms with Crippen LogP contribution in [0.25, 0.3) is 0 Å². The number of rotatable bonds is 13. The van der Waals surface area contributed by atoms with Gasteiger partial charge >= 0.3 is 5.97 Å². The Kier molecular flexibility index (Phi) is 12.2. The third kappa shape index (κ3) is 10.8. The summed E-state index contributed by atoms with van der Waals surface area (Å²) in [5.41, 5.74) is 5.35. The topological polar surface area (TPSA) is 92.4 Å². The molecule has 1 atom stereocenters. The van der Waals surface area contributed by atoms with E-state index in [0.717, 1.165) is 19.3 Å². The van der Waals surface area contributed by atoms with Crippen molar-refractivity contribution >= 4 is 11.9 Å².